The highest BCUT2D eigenvalue weighted by Gasteiger charge is 2.18. The summed E-state index contributed by atoms with van der Waals surface area (Å²) in [4.78, 5) is 22.9. The lowest BCUT2D eigenvalue weighted by atomic mass is 10.1. The zero-order valence-corrected chi connectivity index (χ0v) is 11.8. The molecule has 0 atom stereocenters. The normalized spacial score (nSPS) is 10.4. The molecule has 0 saturated carbocycles. The molecule has 21 heavy (non-hydrogen) atoms. The summed E-state index contributed by atoms with van der Waals surface area (Å²) >= 11 is 0.990. The van der Waals surface area contributed by atoms with Crippen molar-refractivity contribution >= 4 is 28.9 Å². The molecule has 1 aromatic heterocycles. The van der Waals surface area contributed by atoms with Gasteiger partial charge in [0, 0.05) is 5.56 Å². The standard InChI is InChI=1S/C14H11F2NO3S/c1-7-6-21-13(14(19)20)12(7)17-10(18)5-8-3-2-4-9(15)11(8)16/h2-4,6H,5H2,1H3,(H,17,18)(H,19,20). The average Bonchev–Trinajstić information content (AvgIpc) is 2.77. The number of amides is 1. The number of thiophene rings is 1. The largest absolute Gasteiger partial charge is 0.477 e. The number of carboxylic acid groups (broad SMARTS) is 1. The van der Waals surface area contributed by atoms with Crippen LogP contribution in [0.5, 0.6) is 0 Å². The van der Waals surface area contributed by atoms with Crippen molar-refractivity contribution in [2.24, 2.45) is 0 Å². The predicted molar refractivity (Wildman–Crippen MR) is 74.7 cm³/mol. The van der Waals surface area contributed by atoms with Crippen LogP contribution in [0.1, 0.15) is 20.8 Å². The van der Waals surface area contributed by atoms with E-state index < -0.39 is 23.5 Å². The van der Waals surface area contributed by atoms with Crippen LogP contribution in [0, 0.1) is 18.6 Å². The maximum Gasteiger partial charge on any atom is 0.348 e. The number of rotatable bonds is 4. The highest BCUT2D eigenvalue weighted by atomic mass is 32.1. The minimum atomic E-state index is -1.15. The number of hydrogen-bond acceptors (Lipinski definition) is 3. The van der Waals surface area contributed by atoms with E-state index in [0.717, 1.165) is 17.4 Å². The lowest BCUT2D eigenvalue weighted by Gasteiger charge is -2.07. The second kappa shape index (κ2) is 6.01. The fourth-order valence-electron chi connectivity index (χ4n) is 1.80. The number of halogens is 2. The maximum absolute atomic E-state index is 13.5. The van der Waals surface area contributed by atoms with Crippen molar-refractivity contribution in [1.29, 1.82) is 0 Å². The van der Waals surface area contributed by atoms with Crippen LogP contribution < -0.4 is 5.32 Å². The Morgan fingerprint density at radius 1 is 1.33 bits per heavy atom. The molecule has 4 nitrogen and oxygen atoms in total. The number of carbonyl (C=O) groups is 2. The number of aryl methyl sites for hydroxylation is 1. The lowest BCUT2D eigenvalue weighted by molar-refractivity contribution is -0.115. The molecule has 0 saturated heterocycles. The third kappa shape index (κ3) is 3.25. The first-order valence-electron chi connectivity index (χ1n) is 5.94. The molecule has 0 radical (unpaired) electrons. The molecule has 0 fully saturated rings. The quantitative estimate of drug-likeness (QED) is 0.911. The Morgan fingerprint density at radius 3 is 2.71 bits per heavy atom. The van der Waals surface area contributed by atoms with Gasteiger partial charge in [-0.25, -0.2) is 13.6 Å². The van der Waals surface area contributed by atoms with E-state index in [1.165, 1.54) is 12.1 Å². The van der Waals surface area contributed by atoms with Crippen LogP contribution in [0.15, 0.2) is 23.6 Å². The van der Waals surface area contributed by atoms with Crippen LogP contribution in [0.2, 0.25) is 0 Å². The predicted octanol–water partition coefficient (Wildman–Crippen LogP) is 3.21. The van der Waals surface area contributed by atoms with E-state index in [0.29, 0.717) is 5.56 Å². The molecule has 2 rings (SSSR count). The van der Waals surface area contributed by atoms with Crippen molar-refractivity contribution in [3.8, 4) is 0 Å². The third-order valence-electron chi connectivity index (χ3n) is 2.82. The summed E-state index contributed by atoms with van der Waals surface area (Å²) in [5, 5.41) is 13.0. The van der Waals surface area contributed by atoms with Crippen molar-refractivity contribution < 1.29 is 23.5 Å². The van der Waals surface area contributed by atoms with E-state index >= 15 is 0 Å². The van der Waals surface area contributed by atoms with Gasteiger partial charge in [-0.05, 0) is 23.9 Å². The monoisotopic (exact) mass is 311 g/mol. The van der Waals surface area contributed by atoms with Crippen LogP contribution in [-0.4, -0.2) is 17.0 Å². The molecule has 2 N–H and O–H groups in total. The second-order valence-corrected chi connectivity index (χ2v) is 5.25. The van der Waals surface area contributed by atoms with Gasteiger partial charge >= 0.3 is 5.97 Å². The van der Waals surface area contributed by atoms with Gasteiger partial charge in [-0.15, -0.1) is 11.3 Å². The van der Waals surface area contributed by atoms with Crippen LogP contribution in [0.25, 0.3) is 0 Å². The van der Waals surface area contributed by atoms with E-state index in [-0.39, 0.29) is 22.5 Å². The summed E-state index contributed by atoms with van der Waals surface area (Å²) in [5.41, 5.74) is 0.706. The SMILES string of the molecule is Cc1csc(C(=O)O)c1NC(=O)Cc1cccc(F)c1F. The van der Waals surface area contributed by atoms with Crippen molar-refractivity contribution in [2.45, 2.75) is 13.3 Å². The van der Waals surface area contributed by atoms with Gasteiger partial charge in [0.15, 0.2) is 11.6 Å². The molecule has 7 heteroatoms. The molecule has 0 spiro atoms. The number of aromatic carboxylic acids is 1. The van der Waals surface area contributed by atoms with Gasteiger partial charge in [-0.1, -0.05) is 12.1 Å². The highest BCUT2D eigenvalue weighted by Crippen LogP contribution is 2.27. The Hall–Kier alpha value is -2.28. The molecular formula is C14H11F2NO3S. The van der Waals surface area contributed by atoms with Gasteiger partial charge in [0.1, 0.15) is 4.88 Å². The molecule has 2 aromatic rings. The highest BCUT2D eigenvalue weighted by molar-refractivity contribution is 7.12. The number of carbonyl (C=O) groups excluding carboxylic acids is 1. The number of benzene rings is 1. The Balaban J connectivity index is 2.18. The second-order valence-electron chi connectivity index (χ2n) is 4.37. The Morgan fingerprint density at radius 2 is 2.05 bits per heavy atom. The zero-order chi connectivity index (χ0) is 15.6. The van der Waals surface area contributed by atoms with E-state index in [9.17, 15) is 18.4 Å². The molecule has 0 bridgehead atoms. The minimum Gasteiger partial charge on any atom is -0.477 e. The van der Waals surface area contributed by atoms with Gasteiger partial charge in [-0.3, -0.25) is 4.79 Å². The Bertz CT molecular complexity index is 712. The molecule has 0 aliphatic rings. The Kier molecular flexibility index (Phi) is 4.32. The minimum absolute atomic E-state index is 0.000522. The summed E-state index contributed by atoms with van der Waals surface area (Å²) in [6.07, 6.45) is -0.377. The fourth-order valence-corrected chi connectivity index (χ4v) is 2.64. The van der Waals surface area contributed by atoms with Gasteiger partial charge in [0.05, 0.1) is 12.1 Å². The van der Waals surface area contributed by atoms with E-state index in [1.807, 2.05) is 0 Å². The number of anilines is 1. The first-order valence-corrected chi connectivity index (χ1v) is 6.82. The fraction of sp³-hybridized carbons (Fsp3) is 0.143. The number of nitrogens with one attached hydrogen (secondary N) is 1. The molecule has 0 unspecified atom stereocenters. The smallest absolute Gasteiger partial charge is 0.348 e. The summed E-state index contributed by atoms with van der Waals surface area (Å²) in [7, 11) is 0. The van der Waals surface area contributed by atoms with Crippen LogP contribution in [-0.2, 0) is 11.2 Å². The van der Waals surface area contributed by atoms with E-state index in [1.54, 1.807) is 12.3 Å². The summed E-state index contributed by atoms with van der Waals surface area (Å²) in [6, 6.07) is 3.57. The lowest BCUT2D eigenvalue weighted by Crippen LogP contribution is -2.17. The molecule has 1 amide bonds. The average molecular weight is 311 g/mol. The first kappa shape index (κ1) is 15.1. The molecule has 1 heterocycles. The van der Waals surface area contributed by atoms with E-state index in [4.69, 9.17) is 5.11 Å². The van der Waals surface area contributed by atoms with Crippen molar-refractivity contribution in [3.05, 3.63) is 51.2 Å². The van der Waals surface area contributed by atoms with Gasteiger partial charge in [0.25, 0.3) is 0 Å². The summed E-state index contributed by atoms with van der Waals surface area (Å²) < 4.78 is 26.5. The van der Waals surface area contributed by atoms with Crippen LogP contribution in [0.3, 0.4) is 0 Å². The first-order chi connectivity index (χ1) is 9.90. The molecular weight excluding hydrogens is 300 g/mol. The molecule has 110 valence electrons. The van der Waals surface area contributed by atoms with Crippen molar-refractivity contribution in [3.63, 3.8) is 0 Å². The maximum atomic E-state index is 13.5. The van der Waals surface area contributed by atoms with Gasteiger partial charge in [-0.2, -0.15) is 0 Å². The van der Waals surface area contributed by atoms with Crippen LogP contribution >= 0.6 is 11.3 Å². The molecule has 1 aromatic carbocycles. The van der Waals surface area contributed by atoms with Gasteiger partial charge < -0.3 is 10.4 Å². The number of carboxylic acids is 1. The third-order valence-corrected chi connectivity index (χ3v) is 3.90. The van der Waals surface area contributed by atoms with Crippen molar-refractivity contribution in [1.82, 2.24) is 0 Å². The number of hydrogen-bond donors (Lipinski definition) is 2. The van der Waals surface area contributed by atoms with Crippen molar-refractivity contribution in [2.75, 3.05) is 5.32 Å². The van der Waals surface area contributed by atoms with Gasteiger partial charge in [0.2, 0.25) is 5.91 Å². The summed E-state index contributed by atoms with van der Waals surface area (Å²) in [5.74, 6) is -3.87. The summed E-state index contributed by atoms with van der Waals surface area (Å²) in [6.45, 7) is 1.65. The van der Waals surface area contributed by atoms with E-state index in [2.05, 4.69) is 5.32 Å². The van der Waals surface area contributed by atoms with Crippen LogP contribution in [0.4, 0.5) is 14.5 Å². The topological polar surface area (TPSA) is 66.4 Å². The Labute approximate surface area is 123 Å². The molecule has 0 aliphatic heterocycles. The zero-order valence-electron chi connectivity index (χ0n) is 10.9. The molecule has 0 aliphatic carbocycles.